The first-order valence-corrected chi connectivity index (χ1v) is 9.56. The number of hydrogen-bond donors (Lipinski definition) is 1. The number of aromatic nitrogens is 3. The van der Waals surface area contributed by atoms with Crippen LogP contribution < -0.4 is 5.32 Å². The van der Waals surface area contributed by atoms with Crippen molar-refractivity contribution < 1.29 is 9.72 Å². The van der Waals surface area contributed by atoms with Crippen molar-refractivity contribution in [2.75, 3.05) is 18.4 Å². The standard InChI is InChI=1S/C20H22N6O3/c1-14-3-2-4-19(22-14)23-20(27)15-7-9-24(10-8-15)13-25-18-6-5-17(26(28)29)11-16(18)12-21-25/h2-6,11-12,15H,7-10,13H2,1H3,(H,22,23,27). The van der Waals surface area contributed by atoms with Crippen molar-refractivity contribution >= 4 is 28.3 Å². The number of anilines is 1. The fourth-order valence-corrected chi connectivity index (χ4v) is 3.67. The number of nitro benzene ring substituents is 1. The van der Waals surface area contributed by atoms with Crippen LogP contribution in [-0.2, 0) is 11.5 Å². The lowest BCUT2D eigenvalue weighted by atomic mass is 9.96. The maximum Gasteiger partial charge on any atom is 0.270 e. The van der Waals surface area contributed by atoms with Gasteiger partial charge in [0.1, 0.15) is 5.82 Å². The second-order valence-electron chi connectivity index (χ2n) is 7.33. The first-order valence-electron chi connectivity index (χ1n) is 9.56. The van der Waals surface area contributed by atoms with E-state index in [4.69, 9.17) is 0 Å². The van der Waals surface area contributed by atoms with E-state index < -0.39 is 4.92 Å². The van der Waals surface area contributed by atoms with Crippen LogP contribution in [0.15, 0.2) is 42.6 Å². The van der Waals surface area contributed by atoms with Gasteiger partial charge < -0.3 is 5.32 Å². The summed E-state index contributed by atoms with van der Waals surface area (Å²) in [5.41, 5.74) is 1.79. The molecule has 4 rings (SSSR count). The molecule has 2 aromatic heterocycles. The molecule has 9 heteroatoms. The third-order valence-corrected chi connectivity index (χ3v) is 5.27. The summed E-state index contributed by atoms with van der Waals surface area (Å²) >= 11 is 0. The van der Waals surface area contributed by atoms with E-state index in [1.165, 1.54) is 12.1 Å². The highest BCUT2D eigenvalue weighted by molar-refractivity contribution is 5.91. The van der Waals surface area contributed by atoms with Gasteiger partial charge in [0.05, 0.1) is 23.3 Å². The molecule has 9 nitrogen and oxygen atoms in total. The first kappa shape index (κ1) is 19.0. The van der Waals surface area contributed by atoms with Gasteiger partial charge >= 0.3 is 0 Å². The molecule has 0 unspecified atom stereocenters. The molecule has 1 fully saturated rings. The SMILES string of the molecule is Cc1cccc(NC(=O)C2CCN(Cn3ncc4cc([N+](=O)[O-])ccc43)CC2)n1. The van der Waals surface area contributed by atoms with Crippen LogP contribution in [0.3, 0.4) is 0 Å². The van der Waals surface area contributed by atoms with Gasteiger partial charge in [-0.05, 0) is 38.0 Å². The second-order valence-corrected chi connectivity index (χ2v) is 7.33. The summed E-state index contributed by atoms with van der Waals surface area (Å²) in [6.07, 6.45) is 3.18. The number of non-ortho nitro benzene ring substituents is 1. The zero-order valence-corrected chi connectivity index (χ0v) is 16.1. The predicted octanol–water partition coefficient (Wildman–Crippen LogP) is 2.96. The number of nitrogens with zero attached hydrogens (tertiary/aromatic N) is 5. The summed E-state index contributed by atoms with van der Waals surface area (Å²) < 4.78 is 1.84. The van der Waals surface area contributed by atoms with Crippen molar-refractivity contribution in [3.63, 3.8) is 0 Å². The number of nitrogens with one attached hydrogen (secondary N) is 1. The molecular weight excluding hydrogens is 372 g/mol. The minimum absolute atomic E-state index is 0.0135. The van der Waals surface area contributed by atoms with Gasteiger partial charge in [-0.2, -0.15) is 5.10 Å². The van der Waals surface area contributed by atoms with Crippen LogP contribution in [0.4, 0.5) is 11.5 Å². The molecule has 0 bridgehead atoms. The number of hydrogen-bond acceptors (Lipinski definition) is 6. The summed E-state index contributed by atoms with van der Waals surface area (Å²) in [5, 5.41) is 19.0. The number of rotatable bonds is 5. The van der Waals surface area contributed by atoms with Crippen LogP contribution in [0.25, 0.3) is 10.9 Å². The molecule has 0 radical (unpaired) electrons. The van der Waals surface area contributed by atoms with Crippen LogP contribution >= 0.6 is 0 Å². The Balaban J connectivity index is 1.34. The van der Waals surface area contributed by atoms with Crippen molar-refractivity contribution in [3.05, 3.63) is 58.4 Å². The van der Waals surface area contributed by atoms with Gasteiger partial charge in [0.2, 0.25) is 5.91 Å². The fraction of sp³-hybridized carbons (Fsp3) is 0.350. The van der Waals surface area contributed by atoms with Crippen molar-refractivity contribution in [2.24, 2.45) is 5.92 Å². The number of pyridine rings is 1. The Morgan fingerprint density at radius 1 is 1.28 bits per heavy atom. The normalized spacial score (nSPS) is 15.5. The van der Waals surface area contributed by atoms with E-state index in [9.17, 15) is 14.9 Å². The smallest absolute Gasteiger partial charge is 0.270 e. The molecule has 3 aromatic rings. The second kappa shape index (κ2) is 7.96. The number of nitro groups is 1. The molecule has 1 saturated heterocycles. The summed E-state index contributed by atoms with van der Waals surface area (Å²) in [4.78, 5) is 29.6. The molecular formula is C20H22N6O3. The maximum absolute atomic E-state index is 12.5. The van der Waals surface area contributed by atoms with Crippen LogP contribution in [0.5, 0.6) is 0 Å². The van der Waals surface area contributed by atoms with Gasteiger partial charge in [-0.15, -0.1) is 0 Å². The Morgan fingerprint density at radius 3 is 2.79 bits per heavy atom. The van der Waals surface area contributed by atoms with E-state index in [-0.39, 0.29) is 17.5 Å². The Labute approximate surface area is 167 Å². The minimum Gasteiger partial charge on any atom is -0.310 e. The van der Waals surface area contributed by atoms with Gasteiger partial charge in [0.15, 0.2) is 0 Å². The maximum atomic E-state index is 12.5. The molecule has 1 aliphatic heterocycles. The largest absolute Gasteiger partial charge is 0.310 e. The van der Waals surface area contributed by atoms with E-state index in [0.29, 0.717) is 12.5 Å². The molecule has 1 amide bonds. The Bertz CT molecular complexity index is 1060. The Hall–Kier alpha value is -3.33. The van der Waals surface area contributed by atoms with Crippen molar-refractivity contribution in [2.45, 2.75) is 26.4 Å². The predicted molar refractivity (Wildman–Crippen MR) is 108 cm³/mol. The first-order chi connectivity index (χ1) is 14.0. The monoisotopic (exact) mass is 394 g/mol. The summed E-state index contributed by atoms with van der Waals surface area (Å²) in [7, 11) is 0. The summed E-state index contributed by atoms with van der Waals surface area (Å²) in [6.45, 7) is 4.06. The lowest BCUT2D eigenvalue weighted by Crippen LogP contribution is -2.39. The molecule has 0 atom stereocenters. The highest BCUT2D eigenvalue weighted by Crippen LogP contribution is 2.23. The highest BCUT2D eigenvalue weighted by atomic mass is 16.6. The van der Waals surface area contributed by atoms with E-state index in [0.717, 1.165) is 42.5 Å². The number of amides is 1. The fourth-order valence-electron chi connectivity index (χ4n) is 3.67. The zero-order valence-electron chi connectivity index (χ0n) is 16.1. The lowest BCUT2D eigenvalue weighted by molar-refractivity contribution is -0.384. The molecule has 1 N–H and O–H groups in total. The van der Waals surface area contributed by atoms with E-state index in [1.54, 1.807) is 18.3 Å². The third-order valence-electron chi connectivity index (χ3n) is 5.27. The van der Waals surface area contributed by atoms with Crippen LogP contribution in [0, 0.1) is 23.0 Å². The molecule has 3 heterocycles. The van der Waals surface area contributed by atoms with Crippen LogP contribution in [-0.4, -0.2) is 43.6 Å². The van der Waals surface area contributed by atoms with Gasteiger partial charge in [-0.3, -0.25) is 24.5 Å². The minimum atomic E-state index is -0.404. The number of piperidine rings is 1. The number of fused-ring (bicyclic) bond motifs is 1. The number of likely N-dealkylation sites (tertiary alicyclic amines) is 1. The van der Waals surface area contributed by atoms with Crippen molar-refractivity contribution in [1.29, 1.82) is 0 Å². The number of carbonyl (C=O) groups excluding carboxylic acids is 1. The third kappa shape index (κ3) is 4.24. The Morgan fingerprint density at radius 2 is 2.07 bits per heavy atom. The molecule has 0 spiro atoms. The molecule has 29 heavy (non-hydrogen) atoms. The topological polar surface area (TPSA) is 106 Å². The van der Waals surface area contributed by atoms with E-state index >= 15 is 0 Å². The van der Waals surface area contributed by atoms with E-state index in [1.807, 2.05) is 23.7 Å². The molecule has 1 aromatic carbocycles. The quantitative estimate of drug-likeness (QED) is 0.527. The van der Waals surface area contributed by atoms with Crippen molar-refractivity contribution in [3.8, 4) is 0 Å². The van der Waals surface area contributed by atoms with Crippen molar-refractivity contribution in [1.82, 2.24) is 19.7 Å². The molecule has 0 saturated carbocycles. The van der Waals surface area contributed by atoms with Gasteiger partial charge in [-0.25, -0.2) is 4.98 Å². The molecule has 150 valence electrons. The van der Waals surface area contributed by atoms with Gasteiger partial charge in [0.25, 0.3) is 5.69 Å². The van der Waals surface area contributed by atoms with Gasteiger partial charge in [0, 0.05) is 42.2 Å². The zero-order chi connectivity index (χ0) is 20.4. The Kier molecular flexibility index (Phi) is 5.22. The number of carbonyl (C=O) groups is 1. The molecule has 0 aliphatic carbocycles. The highest BCUT2D eigenvalue weighted by Gasteiger charge is 2.25. The average molecular weight is 394 g/mol. The van der Waals surface area contributed by atoms with Crippen LogP contribution in [0.2, 0.25) is 0 Å². The number of aryl methyl sites for hydroxylation is 1. The number of benzene rings is 1. The van der Waals surface area contributed by atoms with E-state index in [2.05, 4.69) is 20.3 Å². The van der Waals surface area contributed by atoms with Gasteiger partial charge in [-0.1, -0.05) is 6.07 Å². The average Bonchev–Trinajstić information content (AvgIpc) is 3.10. The molecule has 1 aliphatic rings. The lowest BCUT2D eigenvalue weighted by Gasteiger charge is -2.31. The van der Waals surface area contributed by atoms with Crippen LogP contribution in [0.1, 0.15) is 18.5 Å². The summed E-state index contributed by atoms with van der Waals surface area (Å²) in [5.74, 6) is 0.569. The summed E-state index contributed by atoms with van der Waals surface area (Å²) in [6, 6.07) is 10.3.